The fraction of sp³-hybridized carbons (Fsp3) is 0.292. The maximum Gasteiger partial charge on any atom is 0.255 e. The first kappa shape index (κ1) is 22.7. The number of carbonyl (C=O) groups excluding carboxylic acids is 2. The summed E-state index contributed by atoms with van der Waals surface area (Å²) >= 11 is 1.53. The summed E-state index contributed by atoms with van der Waals surface area (Å²) in [7, 11) is 0. The van der Waals surface area contributed by atoms with Crippen LogP contribution >= 0.6 is 11.8 Å². The van der Waals surface area contributed by atoms with E-state index < -0.39 is 5.91 Å². The lowest BCUT2D eigenvalue weighted by atomic mass is 10.0. The van der Waals surface area contributed by atoms with Crippen LogP contribution in [0.2, 0.25) is 0 Å². The molecule has 0 bridgehead atoms. The second-order valence-corrected chi connectivity index (χ2v) is 8.82. The van der Waals surface area contributed by atoms with E-state index in [4.69, 9.17) is 20.3 Å². The number of anilines is 1. The largest absolute Gasteiger partial charge is 0.490 e. The van der Waals surface area contributed by atoms with Crippen molar-refractivity contribution in [3.8, 4) is 17.2 Å². The number of benzene rings is 2. The number of nitrogens with two attached hydrogens (primary N) is 1. The Balaban J connectivity index is 1.78. The summed E-state index contributed by atoms with van der Waals surface area (Å²) in [6, 6.07) is 13.6. The van der Waals surface area contributed by atoms with Gasteiger partial charge in [0.1, 0.15) is 5.82 Å². The molecule has 0 saturated carbocycles. The zero-order valence-electron chi connectivity index (χ0n) is 18.8. The van der Waals surface area contributed by atoms with E-state index in [-0.39, 0.29) is 17.8 Å². The first-order valence-corrected chi connectivity index (χ1v) is 11.7. The maximum atomic E-state index is 12.6. The van der Waals surface area contributed by atoms with Gasteiger partial charge in [-0.15, -0.1) is 11.8 Å². The Morgan fingerprint density at radius 3 is 2.64 bits per heavy atom. The van der Waals surface area contributed by atoms with Crippen LogP contribution in [0.25, 0.3) is 5.69 Å². The Labute approximate surface area is 196 Å². The average molecular weight is 467 g/mol. The summed E-state index contributed by atoms with van der Waals surface area (Å²) in [6.07, 6.45) is 0. The second kappa shape index (κ2) is 9.58. The Morgan fingerprint density at radius 2 is 1.94 bits per heavy atom. The van der Waals surface area contributed by atoms with Crippen LogP contribution in [0.3, 0.4) is 0 Å². The number of aromatic nitrogens is 2. The van der Waals surface area contributed by atoms with Gasteiger partial charge in [0.15, 0.2) is 18.1 Å². The van der Waals surface area contributed by atoms with Crippen LogP contribution in [0, 0.1) is 13.8 Å². The second-order valence-electron chi connectivity index (χ2n) is 7.73. The van der Waals surface area contributed by atoms with Gasteiger partial charge in [0.2, 0.25) is 5.91 Å². The molecule has 0 unspecified atom stereocenters. The molecule has 0 saturated heterocycles. The molecule has 2 heterocycles. The van der Waals surface area contributed by atoms with E-state index in [2.05, 4.69) is 5.32 Å². The molecule has 8 nitrogen and oxygen atoms in total. The topological polar surface area (TPSA) is 108 Å². The van der Waals surface area contributed by atoms with Crippen molar-refractivity contribution in [3.63, 3.8) is 0 Å². The van der Waals surface area contributed by atoms with Gasteiger partial charge < -0.3 is 20.5 Å². The molecule has 0 radical (unpaired) electrons. The molecule has 2 aromatic carbocycles. The van der Waals surface area contributed by atoms with Gasteiger partial charge in [0.25, 0.3) is 5.91 Å². The normalized spacial score (nSPS) is 15.4. The lowest BCUT2D eigenvalue weighted by molar-refractivity contribution is -0.120. The Bertz CT molecular complexity index is 1190. The van der Waals surface area contributed by atoms with Crippen molar-refractivity contribution in [2.75, 3.05) is 24.3 Å². The van der Waals surface area contributed by atoms with E-state index in [1.54, 1.807) is 10.7 Å². The van der Waals surface area contributed by atoms with Gasteiger partial charge in [-0.25, -0.2) is 4.68 Å². The molecule has 33 heavy (non-hydrogen) atoms. The average Bonchev–Trinajstić information content (AvgIpc) is 2.98. The highest BCUT2D eigenvalue weighted by Gasteiger charge is 2.31. The fourth-order valence-corrected chi connectivity index (χ4v) is 4.92. The van der Waals surface area contributed by atoms with Crippen molar-refractivity contribution in [2.45, 2.75) is 26.0 Å². The number of nitrogens with one attached hydrogen (secondary N) is 1. The van der Waals surface area contributed by atoms with Gasteiger partial charge in [0.05, 0.1) is 29.0 Å². The van der Waals surface area contributed by atoms with Crippen LogP contribution in [-0.4, -0.2) is 40.6 Å². The number of thioether (sulfide) groups is 1. The van der Waals surface area contributed by atoms with Crippen molar-refractivity contribution in [3.05, 3.63) is 64.8 Å². The molecule has 3 N–H and O–H groups in total. The number of ether oxygens (including phenoxy) is 2. The SMILES string of the molecule is CCOc1cc([C@@H]2SCC(=O)Nc3c2c(C)nn3-c2ccc(C)cc2)ccc1OCC(N)=O. The molecule has 9 heteroatoms. The van der Waals surface area contributed by atoms with Crippen LogP contribution in [-0.2, 0) is 9.59 Å². The van der Waals surface area contributed by atoms with E-state index in [1.807, 2.05) is 57.2 Å². The number of aryl methyl sites for hydroxylation is 2. The smallest absolute Gasteiger partial charge is 0.255 e. The minimum absolute atomic E-state index is 0.0801. The number of primary amides is 1. The van der Waals surface area contributed by atoms with E-state index in [1.165, 1.54) is 11.8 Å². The molecule has 2 amide bonds. The number of hydrogen-bond donors (Lipinski definition) is 2. The van der Waals surface area contributed by atoms with E-state index in [0.717, 1.165) is 28.1 Å². The van der Waals surface area contributed by atoms with Crippen molar-refractivity contribution in [1.82, 2.24) is 9.78 Å². The molecule has 0 fully saturated rings. The summed E-state index contributed by atoms with van der Waals surface area (Å²) in [5, 5.41) is 7.64. The monoisotopic (exact) mass is 466 g/mol. The highest BCUT2D eigenvalue weighted by Crippen LogP contribution is 2.45. The molecule has 172 valence electrons. The standard InChI is InChI=1S/C24H26N4O4S/c1-4-31-19-11-16(7-10-18(19)32-12-20(25)29)23-22-15(3)27-28(17-8-5-14(2)6-9-17)24(22)26-21(30)13-33-23/h5-11,23H,4,12-13H2,1-3H3,(H2,25,29)(H,26,30)/t23-/m0/s1. The number of rotatable bonds is 7. The molecule has 1 aliphatic heterocycles. The Hall–Kier alpha value is -3.46. The molecule has 4 rings (SSSR count). The number of nitrogens with zero attached hydrogens (tertiary/aromatic N) is 2. The highest BCUT2D eigenvalue weighted by molar-refractivity contribution is 8.00. The zero-order valence-corrected chi connectivity index (χ0v) is 19.6. The van der Waals surface area contributed by atoms with Crippen LogP contribution in [0.5, 0.6) is 11.5 Å². The minimum atomic E-state index is -0.561. The van der Waals surface area contributed by atoms with Crippen LogP contribution in [0.15, 0.2) is 42.5 Å². The van der Waals surface area contributed by atoms with E-state index in [9.17, 15) is 9.59 Å². The maximum absolute atomic E-state index is 12.6. The molecular formula is C24H26N4O4S. The first-order chi connectivity index (χ1) is 15.9. The Kier molecular flexibility index (Phi) is 6.60. The van der Waals surface area contributed by atoms with Crippen molar-refractivity contribution >= 4 is 29.4 Å². The minimum Gasteiger partial charge on any atom is -0.490 e. The quantitative estimate of drug-likeness (QED) is 0.552. The summed E-state index contributed by atoms with van der Waals surface area (Å²) in [4.78, 5) is 23.7. The number of carbonyl (C=O) groups is 2. The van der Waals surface area contributed by atoms with Gasteiger partial charge in [-0.3, -0.25) is 9.59 Å². The van der Waals surface area contributed by atoms with E-state index >= 15 is 0 Å². The number of hydrogen-bond acceptors (Lipinski definition) is 6. The molecule has 0 spiro atoms. The zero-order chi connectivity index (χ0) is 23.5. The summed E-state index contributed by atoms with van der Waals surface area (Å²) in [5.74, 6) is 1.29. The molecule has 1 atom stereocenters. The highest BCUT2D eigenvalue weighted by atomic mass is 32.2. The molecular weight excluding hydrogens is 440 g/mol. The predicted molar refractivity (Wildman–Crippen MR) is 128 cm³/mol. The fourth-order valence-electron chi connectivity index (χ4n) is 3.74. The van der Waals surface area contributed by atoms with Crippen LogP contribution < -0.4 is 20.5 Å². The molecule has 1 aromatic heterocycles. The lowest BCUT2D eigenvalue weighted by Gasteiger charge is -2.18. The summed E-state index contributed by atoms with van der Waals surface area (Å²) in [6.45, 7) is 6.05. The molecule has 1 aliphatic rings. The third kappa shape index (κ3) is 4.83. The van der Waals surface area contributed by atoms with Gasteiger partial charge >= 0.3 is 0 Å². The third-order valence-electron chi connectivity index (χ3n) is 5.23. The van der Waals surface area contributed by atoms with Crippen molar-refractivity contribution < 1.29 is 19.1 Å². The van der Waals surface area contributed by atoms with Gasteiger partial charge in [0, 0.05) is 5.56 Å². The van der Waals surface area contributed by atoms with Crippen molar-refractivity contribution in [1.29, 1.82) is 0 Å². The molecule has 0 aliphatic carbocycles. The third-order valence-corrected chi connectivity index (χ3v) is 6.50. The molecule has 3 aromatic rings. The summed E-state index contributed by atoms with van der Waals surface area (Å²) < 4.78 is 13.1. The van der Waals surface area contributed by atoms with Crippen LogP contribution in [0.4, 0.5) is 5.82 Å². The van der Waals surface area contributed by atoms with Crippen molar-refractivity contribution in [2.24, 2.45) is 5.73 Å². The Morgan fingerprint density at radius 1 is 1.18 bits per heavy atom. The van der Waals surface area contributed by atoms with Gasteiger partial charge in [-0.1, -0.05) is 23.8 Å². The first-order valence-electron chi connectivity index (χ1n) is 10.6. The number of amides is 2. The van der Waals surface area contributed by atoms with E-state index in [0.29, 0.717) is 29.7 Å². The predicted octanol–water partition coefficient (Wildman–Crippen LogP) is 3.53. The number of fused-ring (bicyclic) bond motifs is 1. The summed E-state index contributed by atoms with van der Waals surface area (Å²) in [5.41, 5.74) is 9.95. The van der Waals surface area contributed by atoms with Crippen LogP contribution in [0.1, 0.15) is 34.6 Å². The van der Waals surface area contributed by atoms with Gasteiger partial charge in [-0.2, -0.15) is 5.10 Å². The lowest BCUT2D eigenvalue weighted by Crippen LogP contribution is -2.20. The van der Waals surface area contributed by atoms with Gasteiger partial charge in [-0.05, 0) is 50.6 Å².